The quantitative estimate of drug-likeness (QED) is 0.827. The fourth-order valence-corrected chi connectivity index (χ4v) is 2.53. The third-order valence-electron chi connectivity index (χ3n) is 3.54. The van der Waals surface area contributed by atoms with Crippen LogP contribution in [0.3, 0.4) is 0 Å². The summed E-state index contributed by atoms with van der Waals surface area (Å²) in [6, 6.07) is 14.7. The Balaban J connectivity index is 2.09. The van der Waals surface area contributed by atoms with Crippen LogP contribution < -0.4 is 10.5 Å². The second-order valence-electron chi connectivity index (χ2n) is 5.40. The molecule has 0 spiro atoms. The molecule has 2 aromatic carbocycles. The van der Waals surface area contributed by atoms with Crippen LogP contribution in [0.5, 0.6) is 5.75 Å². The van der Waals surface area contributed by atoms with Crippen LogP contribution in [0, 0.1) is 6.92 Å². The lowest BCUT2D eigenvalue weighted by atomic mass is 10.0. The van der Waals surface area contributed by atoms with Crippen LogP contribution in [0.4, 0.5) is 0 Å². The van der Waals surface area contributed by atoms with Crippen molar-refractivity contribution in [1.82, 2.24) is 0 Å². The Hall–Kier alpha value is -1.32. The third kappa shape index (κ3) is 4.87. The van der Waals surface area contributed by atoms with Crippen molar-refractivity contribution in [3.8, 4) is 5.75 Å². The van der Waals surface area contributed by atoms with E-state index in [1.165, 1.54) is 11.1 Å². The fraction of sp³-hybridized carbons (Fsp3) is 0.333. The normalized spacial score (nSPS) is 12.2. The van der Waals surface area contributed by atoms with Gasteiger partial charge in [0, 0.05) is 10.5 Å². The number of hydrogen-bond donors (Lipinski definition) is 1. The highest BCUT2D eigenvalue weighted by molar-refractivity contribution is 9.10. The number of hydrogen-bond acceptors (Lipinski definition) is 2. The summed E-state index contributed by atoms with van der Waals surface area (Å²) in [5, 5.41) is 0. The maximum Gasteiger partial charge on any atom is 0.123 e. The highest BCUT2D eigenvalue weighted by Gasteiger charge is 2.09. The van der Waals surface area contributed by atoms with E-state index in [9.17, 15) is 0 Å². The van der Waals surface area contributed by atoms with Gasteiger partial charge < -0.3 is 10.5 Å². The minimum absolute atomic E-state index is 0.168. The summed E-state index contributed by atoms with van der Waals surface area (Å²) >= 11 is 3.52. The van der Waals surface area contributed by atoms with Crippen molar-refractivity contribution in [2.45, 2.75) is 39.3 Å². The molecule has 112 valence electrons. The Kier molecular flexibility index (Phi) is 5.83. The van der Waals surface area contributed by atoms with Gasteiger partial charge in [-0.05, 0) is 49.1 Å². The second kappa shape index (κ2) is 7.62. The lowest BCUT2D eigenvalue weighted by Crippen LogP contribution is -2.21. The van der Waals surface area contributed by atoms with Gasteiger partial charge in [-0.25, -0.2) is 0 Å². The molecule has 0 heterocycles. The van der Waals surface area contributed by atoms with Crippen LogP contribution in [-0.2, 0) is 13.0 Å². The summed E-state index contributed by atoms with van der Waals surface area (Å²) in [6.07, 6.45) is 1.79. The Morgan fingerprint density at radius 3 is 2.52 bits per heavy atom. The van der Waals surface area contributed by atoms with Crippen molar-refractivity contribution in [2.24, 2.45) is 5.73 Å². The van der Waals surface area contributed by atoms with Crippen molar-refractivity contribution in [1.29, 1.82) is 0 Å². The molecule has 3 heteroatoms. The Morgan fingerprint density at radius 1 is 1.14 bits per heavy atom. The van der Waals surface area contributed by atoms with Crippen LogP contribution in [0.15, 0.2) is 46.9 Å². The fourth-order valence-electron chi connectivity index (χ4n) is 2.12. The van der Waals surface area contributed by atoms with E-state index in [1.807, 2.05) is 12.1 Å². The van der Waals surface area contributed by atoms with Crippen LogP contribution in [0.2, 0.25) is 0 Å². The van der Waals surface area contributed by atoms with Gasteiger partial charge in [-0.3, -0.25) is 0 Å². The highest BCUT2D eigenvalue weighted by Crippen LogP contribution is 2.25. The maximum atomic E-state index is 6.08. The van der Waals surface area contributed by atoms with E-state index in [0.717, 1.165) is 28.6 Å². The van der Waals surface area contributed by atoms with Gasteiger partial charge in [-0.1, -0.05) is 52.7 Å². The lowest BCUT2D eigenvalue weighted by molar-refractivity contribution is 0.302. The molecule has 0 saturated heterocycles. The van der Waals surface area contributed by atoms with Gasteiger partial charge >= 0.3 is 0 Å². The summed E-state index contributed by atoms with van der Waals surface area (Å²) in [6.45, 7) is 4.77. The summed E-state index contributed by atoms with van der Waals surface area (Å²) in [7, 11) is 0. The maximum absolute atomic E-state index is 6.08. The highest BCUT2D eigenvalue weighted by atomic mass is 79.9. The molecule has 21 heavy (non-hydrogen) atoms. The molecular weight excluding hydrogens is 326 g/mol. The van der Waals surface area contributed by atoms with Gasteiger partial charge in [-0.2, -0.15) is 0 Å². The number of halogens is 1. The van der Waals surface area contributed by atoms with Gasteiger partial charge in [0.1, 0.15) is 12.4 Å². The summed E-state index contributed by atoms with van der Waals surface area (Å²) in [5.41, 5.74) is 9.67. The average Bonchev–Trinajstić information content (AvgIpc) is 2.48. The molecule has 0 aromatic heterocycles. The third-order valence-corrected chi connectivity index (χ3v) is 4.04. The number of aryl methyl sites for hydroxylation is 1. The van der Waals surface area contributed by atoms with Crippen molar-refractivity contribution in [3.63, 3.8) is 0 Å². The van der Waals surface area contributed by atoms with E-state index >= 15 is 0 Å². The topological polar surface area (TPSA) is 35.2 Å². The van der Waals surface area contributed by atoms with Gasteiger partial charge in [0.15, 0.2) is 0 Å². The number of benzene rings is 2. The summed E-state index contributed by atoms with van der Waals surface area (Å²) in [5.74, 6) is 0.919. The standard InChI is InChI=1S/C18H22BrNO/c1-3-17(20)11-15-10-16(19)8-9-18(15)21-12-14-6-4-13(2)5-7-14/h4-10,17H,3,11-12,20H2,1-2H3. The van der Waals surface area contributed by atoms with Gasteiger partial charge in [0.2, 0.25) is 0 Å². The molecule has 0 aliphatic carbocycles. The molecule has 1 atom stereocenters. The summed E-state index contributed by atoms with van der Waals surface area (Å²) < 4.78 is 7.05. The molecule has 1 unspecified atom stereocenters. The summed E-state index contributed by atoms with van der Waals surface area (Å²) in [4.78, 5) is 0. The first-order valence-electron chi connectivity index (χ1n) is 7.31. The molecule has 2 N–H and O–H groups in total. The monoisotopic (exact) mass is 347 g/mol. The molecule has 0 radical (unpaired) electrons. The second-order valence-corrected chi connectivity index (χ2v) is 6.31. The predicted octanol–water partition coefficient (Wildman–Crippen LogP) is 4.62. The number of ether oxygens (including phenoxy) is 1. The van der Waals surface area contributed by atoms with Crippen LogP contribution in [-0.4, -0.2) is 6.04 Å². The lowest BCUT2D eigenvalue weighted by Gasteiger charge is -2.15. The molecular formula is C18H22BrNO. The SMILES string of the molecule is CCC(N)Cc1cc(Br)ccc1OCc1ccc(C)cc1. The largest absolute Gasteiger partial charge is 0.489 e. The first kappa shape index (κ1) is 16.1. The molecule has 0 aliphatic heterocycles. The molecule has 0 amide bonds. The molecule has 2 rings (SSSR count). The number of nitrogens with two attached hydrogens (primary N) is 1. The Morgan fingerprint density at radius 2 is 1.86 bits per heavy atom. The molecule has 0 saturated carbocycles. The predicted molar refractivity (Wildman–Crippen MR) is 91.6 cm³/mol. The number of rotatable bonds is 6. The smallest absolute Gasteiger partial charge is 0.123 e. The van der Waals surface area contributed by atoms with Crippen molar-refractivity contribution in [2.75, 3.05) is 0 Å². The zero-order chi connectivity index (χ0) is 15.2. The van der Waals surface area contributed by atoms with Gasteiger partial charge in [-0.15, -0.1) is 0 Å². The van der Waals surface area contributed by atoms with Crippen molar-refractivity contribution in [3.05, 3.63) is 63.6 Å². The van der Waals surface area contributed by atoms with Crippen molar-refractivity contribution < 1.29 is 4.74 Å². The molecule has 2 aromatic rings. The molecule has 0 bridgehead atoms. The minimum atomic E-state index is 0.168. The van der Waals surface area contributed by atoms with E-state index in [0.29, 0.717) is 6.61 Å². The van der Waals surface area contributed by atoms with E-state index in [-0.39, 0.29) is 6.04 Å². The van der Waals surface area contributed by atoms with E-state index in [1.54, 1.807) is 0 Å². The van der Waals surface area contributed by atoms with Crippen molar-refractivity contribution >= 4 is 15.9 Å². The Labute approximate surface area is 135 Å². The van der Waals surface area contributed by atoms with Crippen LogP contribution in [0.1, 0.15) is 30.0 Å². The van der Waals surface area contributed by atoms with E-state index < -0.39 is 0 Å². The van der Waals surface area contributed by atoms with Crippen LogP contribution >= 0.6 is 15.9 Å². The van der Waals surface area contributed by atoms with Gasteiger partial charge in [0.25, 0.3) is 0 Å². The zero-order valence-corrected chi connectivity index (χ0v) is 14.2. The molecule has 0 fully saturated rings. The van der Waals surface area contributed by atoms with Gasteiger partial charge in [0.05, 0.1) is 0 Å². The average molecular weight is 348 g/mol. The van der Waals surface area contributed by atoms with E-state index in [2.05, 4.69) is 60.1 Å². The van der Waals surface area contributed by atoms with E-state index in [4.69, 9.17) is 10.5 Å². The first-order chi connectivity index (χ1) is 10.1. The zero-order valence-electron chi connectivity index (χ0n) is 12.6. The minimum Gasteiger partial charge on any atom is -0.489 e. The Bertz CT molecular complexity index is 580. The molecule has 2 nitrogen and oxygen atoms in total. The van der Waals surface area contributed by atoms with Crippen LogP contribution in [0.25, 0.3) is 0 Å². The molecule has 0 aliphatic rings. The first-order valence-corrected chi connectivity index (χ1v) is 8.10.